The monoisotopic (exact) mass is 430 g/mol. The Morgan fingerprint density at radius 1 is 1.27 bits per heavy atom. The average Bonchev–Trinajstić information content (AvgIpc) is 2.75. The van der Waals surface area contributed by atoms with Gasteiger partial charge in [0, 0.05) is 16.7 Å². The second-order valence-corrected chi connectivity index (χ2v) is 6.75. The Kier molecular flexibility index (Phi) is 4.09. The number of halogens is 3. The summed E-state index contributed by atoms with van der Waals surface area (Å²) in [6.45, 7) is 0. The van der Waals surface area contributed by atoms with Crippen molar-refractivity contribution in [2.75, 3.05) is 0 Å². The van der Waals surface area contributed by atoms with Gasteiger partial charge in [0.1, 0.15) is 5.82 Å². The molecular weight excluding hydrogens is 421 g/mol. The van der Waals surface area contributed by atoms with E-state index in [0.717, 1.165) is 21.0 Å². The normalized spacial score (nSPS) is 12.1. The summed E-state index contributed by atoms with van der Waals surface area (Å²) < 4.78 is 29.8. The van der Waals surface area contributed by atoms with Crippen LogP contribution in [-0.2, 0) is 7.05 Å². The first-order valence-electron chi connectivity index (χ1n) is 6.25. The SMILES string of the molecule is Cn1c(=NC(=O)c2ccccc2I)sc2cc(F)cc(F)c21. The molecule has 0 aliphatic carbocycles. The lowest BCUT2D eigenvalue weighted by Gasteiger charge is -1.99. The molecule has 1 amide bonds. The van der Waals surface area contributed by atoms with Gasteiger partial charge in [-0.15, -0.1) is 0 Å². The first-order chi connectivity index (χ1) is 10.5. The molecular formula is C15H9F2IN2OS. The molecule has 112 valence electrons. The smallest absolute Gasteiger partial charge is 0.280 e. The summed E-state index contributed by atoms with van der Waals surface area (Å²) in [7, 11) is 1.60. The van der Waals surface area contributed by atoms with Gasteiger partial charge in [0.15, 0.2) is 10.6 Å². The number of fused-ring (bicyclic) bond motifs is 1. The highest BCUT2D eigenvalue weighted by molar-refractivity contribution is 14.1. The van der Waals surface area contributed by atoms with Crippen LogP contribution in [0, 0.1) is 15.2 Å². The highest BCUT2D eigenvalue weighted by atomic mass is 127. The molecule has 0 bridgehead atoms. The van der Waals surface area contributed by atoms with Crippen LogP contribution < -0.4 is 4.80 Å². The number of amides is 1. The Labute approximate surface area is 142 Å². The summed E-state index contributed by atoms with van der Waals surface area (Å²) in [6.07, 6.45) is 0. The Morgan fingerprint density at radius 2 is 2.00 bits per heavy atom. The van der Waals surface area contributed by atoms with E-state index in [1.165, 1.54) is 10.6 Å². The summed E-state index contributed by atoms with van der Waals surface area (Å²) in [5.41, 5.74) is 0.716. The van der Waals surface area contributed by atoms with Crippen molar-refractivity contribution in [1.29, 1.82) is 0 Å². The van der Waals surface area contributed by atoms with Gasteiger partial charge in [0.2, 0.25) is 0 Å². The van der Waals surface area contributed by atoms with Crippen molar-refractivity contribution in [1.82, 2.24) is 4.57 Å². The Hall–Kier alpha value is -1.61. The van der Waals surface area contributed by atoms with Crippen molar-refractivity contribution in [3.63, 3.8) is 0 Å². The maximum Gasteiger partial charge on any atom is 0.280 e. The summed E-state index contributed by atoms with van der Waals surface area (Å²) in [5.74, 6) is -1.73. The minimum atomic E-state index is -0.669. The molecule has 3 nitrogen and oxygen atoms in total. The third-order valence-corrected chi connectivity index (χ3v) is 5.14. The van der Waals surface area contributed by atoms with E-state index in [0.29, 0.717) is 15.1 Å². The molecule has 0 unspecified atom stereocenters. The van der Waals surface area contributed by atoms with Crippen LogP contribution in [0.1, 0.15) is 10.4 Å². The highest BCUT2D eigenvalue weighted by Gasteiger charge is 2.13. The van der Waals surface area contributed by atoms with E-state index in [2.05, 4.69) is 27.6 Å². The number of hydrogen-bond acceptors (Lipinski definition) is 2. The van der Waals surface area contributed by atoms with Gasteiger partial charge in [-0.2, -0.15) is 4.99 Å². The molecule has 3 aromatic rings. The van der Waals surface area contributed by atoms with E-state index >= 15 is 0 Å². The Morgan fingerprint density at radius 3 is 2.73 bits per heavy atom. The molecule has 7 heteroatoms. The van der Waals surface area contributed by atoms with Crippen LogP contribution in [0.25, 0.3) is 10.2 Å². The molecule has 0 N–H and O–H groups in total. The topological polar surface area (TPSA) is 34.4 Å². The third kappa shape index (κ3) is 2.70. The fraction of sp³-hybridized carbons (Fsp3) is 0.0667. The Balaban J connectivity index is 2.18. The van der Waals surface area contributed by atoms with Crippen LogP contribution >= 0.6 is 33.9 Å². The van der Waals surface area contributed by atoms with Gasteiger partial charge in [-0.05, 0) is 40.8 Å². The fourth-order valence-electron chi connectivity index (χ4n) is 2.09. The second kappa shape index (κ2) is 5.88. The molecule has 0 saturated heterocycles. The predicted molar refractivity (Wildman–Crippen MR) is 89.8 cm³/mol. The van der Waals surface area contributed by atoms with E-state index in [4.69, 9.17) is 0 Å². The minimum absolute atomic E-state index is 0.237. The summed E-state index contributed by atoms with van der Waals surface area (Å²) >= 11 is 3.13. The number of nitrogens with zero attached hydrogens (tertiary/aromatic N) is 2. The summed E-state index contributed by atoms with van der Waals surface area (Å²) in [4.78, 5) is 16.6. The number of benzene rings is 2. The number of thiazole rings is 1. The maximum absolute atomic E-state index is 13.9. The van der Waals surface area contributed by atoms with Gasteiger partial charge in [-0.25, -0.2) is 8.78 Å². The lowest BCUT2D eigenvalue weighted by Crippen LogP contribution is -2.14. The van der Waals surface area contributed by atoms with Gasteiger partial charge in [-0.3, -0.25) is 4.79 Å². The molecule has 0 saturated carbocycles. The minimum Gasteiger partial charge on any atom is -0.317 e. The van der Waals surface area contributed by atoms with E-state index in [1.807, 2.05) is 12.1 Å². The number of rotatable bonds is 1. The third-order valence-electron chi connectivity index (χ3n) is 3.12. The van der Waals surface area contributed by atoms with E-state index < -0.39 is 17.5 Å². The number of carbonyl (C=O) groups excluding carboxylic acids is 1. The molecule has 1 heterocycles. The van der Waals surface area contributed by atoms with Crippen molar-refractivity contribution in [2.45, 2.75) is 0 Å². The molecule has 2 aromatic carbocycles. The zero-order valence-electron chi connectivity index (χ0n) is 11.3. The van der Waals surface area contributed by atoms with Crippen molar-refractivity contribution in [3.8, 4) is 0 Å². The van der Waals surface area contributed by atoms with Crippen molar-refractivity contribution >= 4 is 50.1 Å². The summed E-state index contributed by atoms with van der Waals surface area (Å²) in [6, 6.07) is 9.13. The number of hydrogen-bond donors (Lipinski definition) is 0. The first-order valence-corrected chi connectivity index (χ1v) is 8.15. The van der Waals surface area contributed by atoms with Crippen molar-refractivity contribution in [2.24, 2.45) is 12.0 Å². The number of aromatic nitrogens is 1. The van der Waals surface area contributed by atoms with Crippen molar-refractivity contribution in [3.05, 3.63) is 62.0 Å². The van der Waals surface area contributed by atoms with Crippen LogP contribution in [0.2, 0.25) is 0 Å². The molecule has 22 heavy (non-hydrogen) atoms. The van der Waals surface area contributed by atoms with Crippen molar-refractivity contribution < 1.29 is 13.6 Å². The van der Waals surface area contributed by atoms with Crippen LogP contribution in [0.5, 0.6) is 0 Å². The van der Waals surface area contributed by atoms with E-state index in [9.17, 15) is 13.6 Å². The molecule has 0 aliphatic heterocycles. The quantitative estimate of drug-likeness (QED) is 0.540. The standard InChI is InChI=1S/C15H9F2IN2OS/c1-20-13-10(17)6-8(16)7-12(13)22-15(20)19-14(21)9-4-2-3-5-11(9)18/h2-7H,1H3. The lowest BCUT2D eigenvalue weighted by atomic mass is 10.2. The highest BCUT2D eigenvalue weighted by Crippen LogP contribution is 2.21. The first kappa shape index (κ1) is 15.3. The average molecular weight is 430 g/mol. The van der Waals surface area contributed by atoms with Crippen LogP contribution in [0.3, 0.4) is 0 Å². The number of carbonyl (C=O) groups is 1. The fourth-order valence-corrected chi connectivity index (χ4v) is 3.76. The lowest BCUT2D eigenvalue weighted by molar-refractivity contribution is 0.0997. The zero-order valence-corrected chi connectivity index (χ0v) is 14.3. The molecule has 0 radical (unpaired) electrons. The van der Waals surface area contributed by atoms with E-state index in [-0.39, 0.29) is 5.52 Å². The van der Waals surface area contributed by atoms with Gasteiger partial charge >= 0.3 is 0 Å². The molecule has 1 aromatic heterocycles. The van der Waals surface area contributed by atoms with Gasteiger partial charge in [0.05, 0.1) is 15.8 Å². The van der Waals surface area contributed by atoms with Gasteiger partial charge in [-0.1, -0.05) is 23.5 Å². The molecule has 3 rings (SSSR count). The maximum atomic E-state index is 13.9. The molecule has 0 spiro atoms. The van der Waals surface area contributed by atoms with Gasteiger partial charge < -0.3 is 4.57 Å². The van der Waals surface area contributed by atoms with Crippen LogP contribution in [0.4, 0.5) is 8.78 Å². The zero-order chi connectivity index (χ0) is 15.9. The second-order valence-electron chi connectivity index (χ2n) is 4.57. The van der Waals surface area contributed by atoms with Crippen LogP contribution in [-0.4, -0.2) is 10.5 Å². The molecule has 0 atom stereocenters. The largest absolute Gasteiger partial charge is 0.317 e. The summed E-state index contributed by atoms with van der Waals surface area (Å²) in [5, 5.41) is 0. The van der Waals surface area contributed by atoms with E-state index in [1.54, 1.807) is 19.2 Å². The predicted octanol–water partition coefficient (Wildman–Crippen LogP) is 3.86. The Bertz CT molecular complexity index is 962. The van der Waals surface area contributed by atoms with Gasteiger partial charge in [0.25, 0.3) is 5.91 Å². The number of aryl methyl sites for hydroxylation is 1. The molecule has 0 aliphatic rings. The molecule has 0 fully saturated rings. The van der Waals surface area contributed by atoms with Crippen LogP contribution in [0.15, 0.2) is 41.4 Å².